The van der Waals surface area contributed by atoms with Gasteiger partial charge in [-0.1, -0.05) is 46.0 Å². The Morgan fingerprint density at radius 2 is 1.62 bits per heavy atom. The maximum atomic E-state index is 13.7. The number of likely N-dealkylation sites (N-methyl/N-ethyl adjacent to an activating group) is 1. The van der Waals surface area contributed by atoms with Crippen LogP contribution in [0.2, 0.25) is 0 Å². The Morgan fingerprint density at radius 1 is 1.02 bits per heavy atom. The van der Waals surface area contributed by atoms with E-state index < -0.39 is 33.3 Å². The summed E-state index contributed by atoms with van der Waals surface area (Å²) in [4.78, 5) is 31.5. The van der Waals surface area contributed by atoms with E-state index in [4.69, 9.17) is 6.42 Å². The largest absolute Gasteiger partial charge is 0.390 e. The van der Waals surface area contributed by atoms with Crippen molar-refractivity contribution < 1.29 is 23.1 Å². The Labute approximate surface area is 243 Å². The summed E-state index contributed by atoms with van der Waals surface area (Å²) >= 11 is 0. The Kier molecular flexibility index (Phi) is 14.4. The molecule has 0 aromatic rings. The van der Waals surface area contributed by atoms with E-state index >= 15 is 0 Å². The summed E-state index contributed by atoms with van der Waals surface area (Å²) < 4.78 is 24.6. The Bertz CT molecular complexity index is 938. The quantitative estimate of drug-likeness (QED) is 0.201. The van der Waals surface area contributed by atoms with Gasteiger partial charge in [-0.3, -0.25) is 9.59 Å². The molecule has 0 spiro atoms. The van der Waals surface area contributed by atoms with Gasteiger partial charge in [0.05, 0.1) is 17.4 Å². The lowest BCUT2D eigenvalue weighted by atomic mass is 9.74. The number of aliphatic hydroxyl groups is 1. The third-order valence-electron chi connectivity index (χ3n) is 8.43. The fourth-order valence-corrected chi connectivity index (χ4v) is 6.88. The van der Waals surface area contributed by atoms with E-state index in [-0.39, 0.29) is 30.2 Å². The minimum absolute atomic E-state index is 0.0331. The lowest BCUT2D eigenvalue weighted by Crippen LogP contribution is -2.54. The van der Waals surface area contributed by atoms with Crippen LogP contribution in [-0.4, -0.2) is 79.3 Å². The van der Waals surface area contributed by atoms with Crippen molar-refractivity contribution in [2.75, 3.05) is 26.7 Å². The van der Waals surface area contributed by atoms with E-state index in [1.807, 2.05) is 4.90 Å². The van der Waals surface area contributed by atoms with Crippen LogP contribution in [0.1, 0.15) is 98.3 Å². The van der Waals surface area contributed by atoms with Gasteiger partial charge in [-0.15, -0.1) is 17.2 Å². The number of hydrazine groups is 1. The summed E-state index contributed by atoms with van der Waals surface area (Å²) in [6.07, 6.45) is 14.4. The summed E-state index contributed by atoms with van der Waals surface area (Å²) in [7, 11) is -1.97. The third-order valence-corrected chi connectivity index (χ3v) is 10.2. The molecule has 2 amide bonds. The fourth-order valence-electron chi connectivity index (χ4n) is 6.16. The molecule has 40 heavy (non-hydrogen) atoms. The highest BCUT2D eigenvalue weighted by Crippen LogP contribution is 2.35. The molecule has 0 saturated heterocycles. The smallest absolute Gasteiger partial charge is 0.226 e. The van der Waals surface area contributed by atoms with Crippen molar-refractivity contribution in [2.45, 2.75) is 116 Å². The molecular formula is C30H54N4O5S. The first-order valence-corrected chi connectivity index (χ1v) is 16.9. The van der Waals surface area contributed by atoms with Crippen LogP contribution in [0.15, 0.2) is 0 Å². The van der Waals surface area contributed by atoms with Crippen molar-refractivity contribution in [1.82, 2.24) is 20.1 Å². The van der Waals surface area contributed by atoms with Crippen LogP contribution in [0.25, 0.3) is 0 Å². The van der Waals surface area contributed by atoms with Gasteiger partial charge in [0.15, 0.2) is 0 Å². The third kappa shape index (κ3) is 10.6. The second kappa shape index (κ2) is 16.7. The first-order valence-electron chi connectivity index (χ1n) is 15.4. The number of hydrogen-bond donors (Lipinski definition) is 3. The van der Waals surface area contributed by atoms with Crippen LogP contribution < -0.4 is 10.1 Å². The van der Waals surface area contributed by atoms with E-state index in [1.54, 1.807) is 20.9 Å². The molecule has 5 atom stereocenters. The van der Waals surface area contributed by atoms with Crippen LogP contribution in [0.3, 0.4) is 0 Å². The van der Waals surface area contributed by atoms with E-state index in [0.717, 1.165) is 38.5 Å². The van der Waals surface area contributed by atoms with Gasteiger partial charge in [0.25, 0.3) is 0 Å². The molecule has 0 aromatic heterocycles. The van der Waals surface area contributed by atoms with E-state index in [1.165, 1.54) is 11.4 Å². The van der Waals surface area contributed by atoms with Gasteiger partial charge in [-0.25, -0.2) is 13.4 Å². The molecule has 10 heteroatoms. The Morgan fingerprint density at radius 3 is 2.17 bits per heavy atom. The molecule has 230 valence electrons. The number of terminal acetylenes is 1. The van der Waals surface area contributed by atoms with Gasteiger partial charge in [0, 0.05) is 44.4 Å². The predicted molar refractivity (Wildman–Crippen MR) is 159 cm³/mol. The molecule has 2 saturated carbocycles. The second-order valence-corrected chi connectivity index (χ2v) is 14.5. The second-order valence-electron chi connectivity index (χ2n) is 12.3. The van der Waals surface area contributed by atoms with Crippen molar-refractivity contribution in [1.29, 1.82) is 0 Å². The van der Waals surface area contributed by atoms with Gasteiger partial charge in [-0.2, -0.15) is 0 Å². The van der Waals surface area contributed by atoms with Crippen molar-refractivity contribution in [3.8, 4) is 12.3 Å². The molecular weight excluding hydrogens is 528 g/mol. The molecule has 3 N–H and O–H groups in total. The number of carbonyl (C=O) groups excluding carboxylic acids is 2. The van der Waals surface area contributed by atoms with Crippen molar-refractivity contribution in [3.05, 3.63) is 0 Å². The number of nitrogens with zero attached hydrogens (tertiary/aromatic N) is 2. The molecule has 2 aliphatic carbocycles. The lowest BCUT2D eigenvalue weighted by Gasteiger charge is -2.36. The standard InChI is InChI=1S/C30H54N4O5S/c1-7-15-34(16-8-2)30(37)26-18-23(9-3)17-25(20-26)29(36)31-27(19-24-13-11-10-12-14-24)28(35)21-33(6)32-40(38,39)22(4)5/h3,22-28,32,35H,7-8,10-21H2,1-2,4-6H3,(H,31,36). The molecule has 0 aliphatic heterocycles. The summed E-state index contributed by atoms with van der Waals surface area (Å²) in [5.74, 6) is 2.25. The van der Waals surface area contributed by atoms with Crippen LogP contribution in [-0.2, 0) is 19.6 Å². The van der Waals surface area contributed by atoms with E-state index in [2.05, 4.69) is 29.9 Å². The van der Waals surface area contributed by atoms with E-state index in [0.29, 0.717) is 44.7 Å². The average Bonchev–Trinajstić information content (AvgIpc) is 2.91. The van der Waals surface area contributed by atoms with Crippen LogP contribution >= 0.6 is 0 Å². The number of carbonyl (C=O) groups is 2. The highest BCUT2D eigenvalue weighted by Gasteiger charge is 2.38. The van der Waals surface area contributed by atoms with Crippen LogP contribution in [0.4, 0.5) is 0 Å². The Balaban J connectivity index is 2.16. The molecule has 2 aliphatic rings. The van der Waals surface area contributed by atoms with Gasteiger partial charge >= 0.3 is 0 Å². The van der Waals surface area contributed by atoms with Crippen LogP contribution in [0.5, 0.6) is 0 Å². The molecule has 0 radical (unpaired) electrons. The molecule has 9 nitrogen and oxygen atoms in total. The minimum atomic E-state index is -3.55. The van der Waals surface area contributed by atoms with Gasteiger partial charge < -0.3 is 15.3 Å². The zero-order chi connectivity index (χ0) is 29.9. The first-order chi connectivity index (χ1) is 18.9. The van der Waals surface area contributed by atoms with E-state index in [9.17, 15) is 23.1 Å². The molecule has 0 heterocycles. The summed E-state index contributed by atoms with van der Waals surface area (Å²) in [6, 6.07) is -0.529. The number of hydrogen-bond acceptors (Lipinski definition) is 6. The molecule has 0 aromatic carbocycles. The highest BCUT2D eigenvalue weighted by atomic mass is 32.2. The fraction of sp³-hybridized carbons (Fsp3) is 0.867. The normalized spacial score (nSPS) is 23.9. The van der Waals surface area contributed by atoms with Crippen molar-refractivity contribution in [2.24, 2.45) is 23.7 Å². The molecule has 5 unspecified atom stereocenters. The highest BCUT2D eigenvalue weighted by molar-refractivity contribution is 7.90. The number of rotatable bonds is 15. The van der Waals surface area contributed by atoms with Crippen molar-refractivity contribution in [3.63, 3.8) is 0 Å². The zero-order valence-corrected chi connectivity index (χ0v) is 26.2. The molecule has 0 bridgehead atoms. The summed E-state index contributed by atoms with van der Waals surface area (Å²) in [5, 5.41) is 15.1. The minimum Gasteiger partial charge on any atom is -0.390 e. The summed E-state index contributed by atoms with van der Waals surface area (Å²) in [5.41, 5.74) is 0. The number of amides is 2. The monoisotopic (exact) mass is 582 g/mol. The van der Waals surface area contributed by atoms with Gasteiger partial charge in [0.2, 0.25) is 21.8 Å². The molecule has 2 fully saturated rings. The number of nitrogens with one attached hydrogen (secondary N) is 2. The first kappa shape index (κ1) is 34.5. The summed E-state index contributed by atoms with van der Waals surface area (Å²) in [6.45, 7) is 8.73. The number of aliphatic hydroxyl groups excluding tert-OH is 1. The average molecular weight is 583 g/mol. The van der Waals surface area contributed by atoms with Gasteiger partial charge in [0.1, 0.15) is 0 Å². The van der Waals surface area contributed by atoms with Crippen LogP contribution in [0, 0.1) is 36.0 Å². The SMILES string of the molecule is C#CC1CC(C(=O)NC(CC2CCCCC2)C(O)CN(C)NS(=O)(=O)C(C)C)CC(C(=O)N(CCC)CCC)C1. The lowest BCUT2D eigenvalue weighted by molar-refractivity contribution is -0.139. The Hall–Kier alpha value is -1.67. The zero-order valence-electron chi connectivity index (χ0n) is 25.4. The maximum absolute atomic E-state index is 13.7. The topological polar surface area (TPSA) is 119 Å². The molecule has 2 rings (SSSR count). The maximum Gasteiger partial charge on any atom is 0.226 e. The van der Waals surface area contributed by atoms with Crippen molar-refractivity contribution >= 4 is 21.8 Å². The van der Waals surface area contributed by atoms with Gasteiger partial charge in [-0.05, 0) is 58.3 Å². The predicted octanol–water partition coefficient (Wildman–Crippen LogP) is 3.29. The number of sulfonamides is 1.